The van der Waals surface area contributed by atoms with Crippen LogP contribution in [0, 0.1) is 17.2 Å². The average molecular weight is 258 g/mol. The third-order valence-electron chi connectivity index (χ3n) is 3.44. The summed E-state index contributed by atoms with van der Waals surface area (Å²) in [4.78, 5) is 11.6. The standard InChI is InChI=1S/C15H18N2O2/c16-10-12-6-8-14(9-7-12)17-15(18)19-11-13-4-2-1-3-5-13/h1-5,12,14H,6-9,11H2,(H,17,18)/t12-,14-. The predicted octanol–water partition coefficient (Wildman–Crippen LogP) is 3.00. The van der Waals surface area contributed by atoms with Crippen molar-refractivity contribution >= 4 is 6.09 Å². The first-order valence-electron chi connectivity index (χ1n) is 6.65. The summed E-state index contributed by atoms with van der Waals surface area (Å²) in [6, 6.07) is 12.0. The van der Waals surface area contributed by atoms with E-state index in [1.807, 2.05) is 30.3 Å². The molecule has 1 aliphatic rings. The fourth-order valence-electron chi connectivity index (χ4n) is 2.30. The van der Waals surface area contributed by atoms with Gasteiger partial charge in [0.05, 0.1) is 6.07 Å². The Balaban J connectivity index is 1.69. The molecule has 1 aromatic rings. The number of alkyl carbamates (subject to hydrolysis) is 1. The Morgan fingerprint density at radius 2 is 1.95 bits per heavy atom. The van der Waals surface area contributed by atoms with E-state index in [4.69, 9.17) is 10.00 Å². The number of hydrogen-bond donors (Lipinski definition) is 1. The molecule has 0 unspecified atom stereocenters. The van der Waals surface area contributed by atoms with Gasteiger partial charge in [-0.1, -0.05) is 30.3 Å². The molecule has 0 radical (unpaired) electrons. The Kier molecular flexibility index (Phi) is 4.79. The number of carbonyl (C=O) groups excluding carboxylic acids is 1. The van der Waals surface area contributed by atoms with E-state index < -0.39 is 0 Å². The first-order chi connectivity index (χ1) is 9.28. The van der Waals surface area contributed by atoms with E-state index in [0.29, 0.717) is 6.61 Å². The monoisotopic (exact) mass is 258 g/mol. The summed E-state index contributed by atoms with van der Waals surface area (Å²) in [5.74, 6) is 0.151. The van der Waals surface area contributed by atoms with Crippen molar-refractivity contribution in [3.05, 3.63) is 35.9 Å². The van der Waals surface area contributed by atoms with Crippen LogP contribution in [0.15, 0.2) is 30.3 Å². The van der Waals surface area contributed by atoms with Gasteiger partial charge in [0.15, 0.2) is 0 Å². The summed E-state index contributed by atoms with van der Waals surface area (Å²) in [5, 5.41) is 11.7. The molecule has 1 N–H and O–H groups in total. The van der Waals surface area contributed by atoms with E-state index in [9.17, 15) is 4.79 Å². The number of nitrogens with one attached hydrogen (secondary N) is 1. The number of hydrogen-bond acceptors (Lipinski definition) is 3. The van der Waals surface area contributed by atoms with Gasteiger partial charge in [-0.2, -0.15) is 5.26 Å². The van der Waals surface area contributed by atoms with Gasteiger partial charge in [-0.15, -0.1) is 0 Å². The van der Waals surface area contributed by atoms with Crippen LogP contribution in [0.1, 0.15) is 31.2 Å². The van der Waals surface area contributed by atoms with E-state index in [1.54, 1.807) is 0 Å². The molecule has 0 saturated heterocycles. The average Bonchev–Trinajstić information content (AvgIpc) is 2.47. The van der Waals surface area contributed by atoms with Crippen molar-refractivity contribution in [2.45, 2.75) is 38.3 Å². The van der Waals surface area contributed by atoms with Gasteiger partial charge in [0.2, 0.25) is 0 Å². The highest BCUT2D eigenvalue weighted by molar-refractivity contribution is 5.67. The Bertz CT molecular complexity index is 445. The van der Waals surface area contributed by atoms with Gasteiger partial charge < -0.3 is 10.1 Å². The molecule has 0 aromatic heterocycles. The van der Waals surface area contributed by atoms with Crippen LogP contribution in [-0.4, -0.2) is 12.1 Å². The van der Waals surface area contributed by atoms with Crippen molar-refractivity contribution in [3.8, 4) is 6.07 Å². The molecule has 1 saturated carbocycles. The van der Waals surface area contributed by atoms with E-state index in [2.05, 4.69) is 11.4 Å². The van der Waals surface area contributed by atoms with Crippen LogP contribution in [0.5, 0.6) is 0 Å². The highest BCUT2D eigenvalue weighted by atomic mass is 16.5. The molecular formula is C15H18N2O2. The molecule has 1 fully saturated rings. The Labute approximate surface area is 113 Å². The van der Waals surface area contributed by atoms with Crippen molar-refractivity contribution in [2.75, 3.05) is 0 Å². The zero-order valence-electron chi connectivity index (χ0n) is 10.8. The molecule has 2 rings (SSSR count). The lowest BCUT2D eigenvalue weighted by Crippen LogP contribution is -2.37. The topological polar surface area (TPSA) is 62.1 Å². The number of nitrogens with zero attached hydrogens (tertiary/aromatic N) is 1. The number of carbonyl (C=O) groups is 1. The summed E-state index contributed by atoms with van der Waals surface area (Å²) in [6.45, 7) is 0.292. The Morgan fingerprint density at radius 1 is 1.26 bits per heavy atom. The van der Waals surface area contributed by atoms with Gasteiger partial charge >= 0.3 is 6.09 Å². The molecule has 100 valence electrons. The lowest BCUT2D eigenvalue weighted by atomic mass is 9.87. The molecule has 1 amide bonds. The molecule has 4 nitrogen and oxygen atoms in total. The second-order valence-electron chi connectivity index (χ2n) is 4.88. The van der Waals surface area contributed by atoms with Crippen molar-refractivity contribution in [2.24, 2.45) is 5.92 Å². The van der Waals surface area contributed by atoms with Crippen molar-refractivity contribution in [1.29, 1.82) is 5.26 Å². The maximum Gasteiger partial charge on any atom is 0.407 e. The second-order valence-corrected chi connectivity index (χ2v) is 4.88. The summed E-state index contributed by atoms with van der Waals surface area (Å²) in [7, 11) is 0. The number of amides is 1. The van der Waals surface area contributed by atoms with Crippen LogP contribution < -0.4 is 5.32 Å². The third-order valence-corrected chi connectivity index (χ3v) is 3.44. The lowest BCUT2D eigenvalue weighted by molar-refractivity contribution is 0.132. The SMILES string of the molecule is N#C[C@H]1CC[C@H](NC(=O)OCc2ccccc2)CC1. The second kappa shape index (κ2) is 6.79. The summed E-state index contributed by atoms with van der Waals surface area (Å²) in [5.41, 5.74) is 0.978. The fraction of sp³-hybridized carbons (Fsp3) is 0.467. The first-order valence-corrected chi connectivity index (χ1v) is 6.65. The first kappa shape index (κ1) is 13.4. The number of benzene rings is 1. The zero-order valence-corrected chi connectivity index (χ0v) is 10.8. The van der Waals surface area contributed by atoms with Crippen LogP contribution in [0.3, 0.4) is 0 Å². The van der Waals surface area contributed by atoms with Gasteiger partial charge in [-0.25, -0.2) is 4.79 Å². The van der Waals surface area contributed by atoms with Crippen LogP contribution in [0.4, 0.5) is 4.79 Å². The van der Waals surface area contributed by atoms with E-state index >= 15 is 0 Å². The van der Waals surface area contributed by atoms with E-state index in [1.165, 1.54) is 0 Å². The highest BCUT2D eigenvalue weighted by Gasteiger charge is 2.22. The number of ether oxygens (including phenoxy) is 1. The maximum absolute atomic E-state index is 11.6. The van der Waals surface area contributed by atoms with Gasteiger partial charge in [0.1, 0.15) is 6.61 Å². The predicted molar refractivity (Wildman–Crippen MR) is 71.1 cm³/mol. The summed E-state index contributed by atoms with van der Waals surface area (Å²) >= 11 is 0. The van der Waals surface area contributed by atoms with E-state index in [0.717, 1.165) is 31.2 Å². The molecule has 0 aliphatic heterocycles. The van der Waals surface area contributed by atoms with Gasteiger partial charge in [-0.3, -0.25) is 0 Å². The van der Waals surface area contributed by atoms with Crippen LogP contribution >= 0.6 is 0 Å². The Morgan fingerprint density at radius 3 is 2.58 bits per heavy atom. The van der Waals surface area contributed by atoms with Crippen LogP contribution in [0.2, 0.25) is 0 Å². The lowest BCUT2D eigenvalue weighted by Gasteiger charge is -2.25. The van der Waals surface area contributed by atoms with Crippen molar-refractivity contribution in [3.63, 3.8) is 0 Å². The third kappa shape index (κ3) is 4.29. The molecule has 0 spiro atoms. The fourth-order valence-corrected chi connectivity index (χ4v) is 2.30. The summed E-state index contributed by atoms with van der Waals surface area (Å²) in [6.07, 6.45) is 3.07. The Hall–Kier alpha value is -2.02. The normalized spacial score (nSPS) is 22.3. The number of rotatable bonds is 3. The van der Waals surface area contributed by atoms with Gasteiger partial charge in [0, 0.05) is 12.0 Å². The quantitative estimate of drug-likeness (QED) is 0.906. The molecule has 1 aliphatic carbocycles. The molecule has 0 heterocycles. The smallest absolute Gasteiger partial charge is 0.407 e. The van der Waals surface area contributed by atoms with Crippen molar-refractivity contribution < 1.29 is 9.53 Å². The minimum atomic E-state index is -0.371. The minimum Gasteiger partial charge on any atom is -0.445 e. The van der Waals surface area contributed by atoms with Gasteiger partial charge in [-0.05, 0) is 31.2 Å². The molecular weight excluding hydrogens is 240 g/mol. The maximum atomic E-state index is 11.6. The van der Waals surface area contributed by atoms with Crippen LogP contribution in [-0.2, 0) is 11.3 Å². The molecule has 0 atom stereocenters. The van der Waals surface area contributed by atoms with Gasteiger partial charge in [0.25, 0.3) is 0 Å². The number of nitriles is 1. The zero-order chi connectivity index (χ0) is 13.5. The molecule has 19 heavy (non-hydrogen) atoms. The van der Waals surface area contributed by atoms with E-state index in [-0.39, 0.29) is 18.1 Å². The highest BCUT2D eigenvalue weighted by Crippen LogP contribution is 2.23. The summed E-state index contributed by atoms with van der Waals surface area (Å²) < 4.78 is 5.17. The molecule has 4 heteroatoms. The molecule has 1 aromatic carbocycles. The van der Waals surface area contributed by atoms with Crippen LogP contribution in [0.25, 0.3) is 0 Å². The van der Waals surface area contributed by atoms with Crippen molar-refractivity contribution in [1.82, 2.24) is 5.32 Å². The minimum absolute atomic E-state index is 0.146. The molecule has 0 bridgehead atoms. The largest absolute Gasteiger partial charge is 0.445 e.